The minimum absolute atomic E-state index is 0. The number of halogens is 1. The first-order chi connectivity index (χ1) is 12.2. The third-order valence-electron chi connectivity index (χ3n) is 4.85. The highest BCUT2D eigenvalue weighted by molar-refractivity contribution is 14.0. The summed E-state index contributed by atoms with van der Waals surface area (Å²) < 4.78 is 0. The minimum atomic E-state index is 0. The molecule has 1 aromatic carbocycles. The highest BCUT2D eigenvalue weighted by Crippen LogP contribution is 2.23. The van der Waals surface area contributed by atoms with E-state index < -0.39 is 0 Å². The molecule has 0 unspecified atom stereocenters. The molecular formula is C21H33IN4. The summed E-state index contributed by atoms with van der Waals surface area (Å²) in [5.41, 5.74) is 2.65. The van der Waals surface area contributed by atoms with Gasteiger partial charge < -0.3 is 10.6 Å². The van der Waals surface area contributed by atoms with Gasteiger partial charge in [-0.1, -0.05) is 49.4 Å². The summed E-state index contributed by atoms with van der Waals surface area (Å²) >= 11 is 0. The third-order valence-corrected chi connectivity index (χ3v) is 4.85. The van der Waals surface area contributed by atoms with Crippen LogP contribution in [0.1, 0.15) is 50.2 Å². The van der Waals surface area contributed by atoms with Gasteiger partial charge in [0.2, 0.25) is 0 Å². The smallest absolute Gasteiger partial charge is 0.192 e. The Kier molecular flexibility index (Phi) is 11.4. The molecule has 0 amide bonds. The molecule has 0 aliphatic heterocycles. The van der Waals surface area contributed by atoms with Gasteiger partial charge in [0, 0.05) is 19.1 Å². The lowest BCUT2D eigenvalue weighted by atomic mass is 9.94. The lowest BCUT2D eigenvalue weighted by molar-refractivity contribution is 0.184. The van der Waals surface area contributed by atoms with E-state index >= 15 is 0 Å². The van der Waals surface area contributed by atoms with Crippen molar-refractivity contribution in [1.82, 2.24) is 15.5 Å². The van der Waals surface area contributed by atoms with Gasteiger partial charge in [0.05, 0.1) is 13.1 Å². The van der Waals surface area contributed by atoms with Gasteiger partial charge in [-0.05, 0) is 37.9 Å². The molecule has 1 aromatic rings. The monoisotopic (exact) mass is 468 g/mol. The summed E-state index contributed by atoms with van der Waals surface area (Å²) in [6.45, 7) is 5.01. The zero-order valence-corrected chi connectivity index (χ0v) is 18.5. The van der Waals surface area contributed by atoms with E-state index in [1.165, 1.54) is 43.2 Å². The molecule has 2 N–H and O–H groups in total. The van der Waals surface area contributed by atoms with Crippen LogP contribution in [0.3, 0.4) is 0 Å². The maximum atomic E-state index is 5.33. The fourth-order valence-corrected chi connectivity index (χ4v) is 3.43. The van der Waals surface area contributed by atoms with Crippen molar-refractivity contribution in [2.45, 2.75) is 58.2 Å². The Balaban J connectivity index is 0.00000338. The lowest BCUT2D eigenvalue weighted by Crippen LogP contribution is -2.37. The second-order valence-electron chi connectivity index (χ2n) is 6.73. The second-order valence-corrected chi connectivity index (χ2v) is 6.73. The van der Waals surface area contributed by atoms with Crippen LogP contribution < -0.4 is 10.6 Å². The van der Waals surface area contributed by atoms with Gasteiger partial charge in [-0.2, -0.15) is 0 Å². The van der Waals surface area contributed by atoms with Gasteiger partial charge in [-0.3, -0.25) is 4.90 Å². The molecule has 1 saturated carbocycles. The molecule has 0 spiro atoms. The van der Waals surface area contributed by atoms with Gasteiger partial charge in [-0.25, -0.2) is 4.99 Å². The fraction of sp³-hybridized carbons (Fsp3) is 0.571. The van der Waals surface area contributed by atoms with Crippen LogP contribution in [0.25, 0.3) is 0 Å². The van der Waals surface area contributed by atoms with Crippen molar-refractivity contribution in [3.8, 4) is 12.3 Å². The number of hydrogen-bond acceptors (Lipinski definition) is 2. The van der Waals surface area contributed by atoms with Crippen molar-refractivity contribution in [3.05, 3.63) is 35.4 Å². The topological polar surface area (TPSA) is 39.7 Å². The first-order valence-electron chi connectivity index (χ1n) is 9.47. The van der Waals surface area contributed by atoms with E-state index in [4.69, 9.17) is 6.42 Å². The van der Waals surface area contributed by atoms with E-state index in [1.807, 2.05) is 0 Å². The van der Waals surface area contributed by atoms with Crippen molar-refractivity contribution in [2.24, 2.45) is 4.99 Å². The van der Waals surface area contributed by atoms with E-state index in [2.05, 4.69) is 64.7 Å². The highest BCUT2D eigenvalue weighted by atomic mass is 127. The van der Waals surface area contributed by atoms with Crippen LogP contribution in [0.5, 0.6) is 0 Å². The number of terminal acetylenes is 1. The minimum Gasteiger partial charge on any atom is -0.357 e. The highest BCUT2D eigenvalue weighted by Gasteiger charge is 2.18. The summed E-state index contributed by atoms with van der Waals surface area (Å²) in [4.78, 5) is 7.20. The summed E-state index contributed by atoms with van der Waals surface area (Å²) in [5.74, 6) is 3.36. The molecule has 0 bridgehead atoms. The van der Waals surface area contributed by atoms with Gasteiger partial charge in [-0.15, -0.1) is 30.4 Å². The van der Waals surface area contributed by atoms with Crippen LogP contribution in [0.2, 0.25) is 0 Å². The largest absolute Gasteiger partial charge is 0.357 e. The molecule has 26 heavy (non-hydrogen) atoms. The zero-order chi connectivity index (χ0) is 17.9. The third kappa shape index (κ3) is 7.55. The standard InChI is InChI=1S/C21H32N4.HI/c1-4-15-23-21(22-5-2)24-16-18-11-9-10-12-19(18)17-25(3)20-13-7-6-8-14-20;/h1,9-12,20H,5-8,13-17H2,2-3H3,(H2,22,23,24);1H. The Morgan fingerprint density at radius 3 is 2.54 bits per heavy atom. The van der Waals surface area contributed by atoms with Gasteiger partial charge in [0.1, 0.15) is 0 Å². The van der Waals surface area contributed by atoms with Gasteiger partial charge >= 0.3 is 0 Å². The molecule has 5 heteroatoms. The van der Waals surface area contributed by atoms with E-state index in [0.717, 1.165) is 25.1 Å². The number of benzene rings is 1. The number of rotatable bonds is 7. The van der Waals surface area contributed by atoms with E-state index in [1.54, 1.807) is 0 Å². The molecule has 0 heterocycles. The predicted molar refractivity (Wildman–Crippen MR) is 122 cm³/mol. The predicted octanol–water partition coefficient (Wildman–Crippen LogP) is 3.76. The molecule has 0 saturated heterocycles. The SMILES string of the molecule is C#CCNC(=NCc1ccccc1CN(C)C1CCCCC1)NCC.I. The molecule has 4 nitrogen and oxygen atoms in total. The molecule has 0 radical (unpaired) electrons. The fourth-order valence-electron chi connectivity index (χ4n) is 3.43. The lowest BCUT2D eigenvalue weighted by Gasteiger charge is -2.31. The Labute approximate surface area is 176 Å². The van der Waals surface area contributed by atoms with Crippen LogP contribution in [-0.2, 0) is 13.1 Å². The number of nitrogens with zero attached hydrogens (tertiary/aromatic N) is 2. The van der Waals surface area contributed by atoms with Crippen molar-refractivity contribution in [3.63, 3.8) is 0 Å². The quantitative estimate of drug-likeness (QED) is 0.277. The van der Waals surface area contributed by atoms with Crippen LogP contribution in [0, 0.1) is 12.3 Å². The molecule has 1 fully saturated rings. The van der Waals surface area contributed by atoms with Gasteiger partial charge in [0.15, 0.2) is 5.96 Å². The van der Waals surface area contributed by atoms with Gasteiger partial charge in [0.25, 0.3) is 0 Å². The number of hydrogen-bond donors (Lipinski definition) is 2. The maximum absolute atomic E-state index is 5.33. The van der Waals surface area contributed by atoms with E-state index in [-0.39, 0.29) is 24.0 Å². The average Bonchev–Trinajstić information content (AvgIpc) is 2.65. The molecular weight excluding hydrogens is 435 g/mol. The molecule has 2 rings (SSSR count). The second kappa shape index (κ2) is 13.0. The number of aliphatic imine (C=N–C) groups is 1. The van der Waals surface area contributed by atoms with Crippen LogP contribution in [0.4, 0.5) is 0 Å². The van der Waals surface area contributed by atoms with Crippen LogP contribution in [-0.4, -0.2) is 37.0 Å². The first-order valence-corrected chi connectivity index (χ1v) is 9.47. The summed E-state index contributed by atoms with van der Waals surface area (Å²) in [5, 5.41) is 6.38. The summed E-state index contributed by atoms with van der Waals surface area (Å²) in [6.07, 6.45) is 12.1. The van der Waals surface area contributed by atoms with Crippen molar-refractivity contribution in [1.29, 1.82) is 0 Å². The van der Waals surface area contributed by atoms with Crippen molar-refractivity contribution < 1.29 is 0 Å². The Morgan fingerprint density at radius 2 is 1.88 bits per heavy atom. The molecule has 0 aromatic heterocycles. The van der Waals surface area contributed by atoms with E-state index in [9.17, 15) is 0 Å². The van der Waals surface area contributed by atoms with Crippen LogP contribution in [0.15, 0.2) is 29.3 Å². The summed E-state index contributed by atoms with van der Waals surface area (Å²) in [7, 11) is 2.26. The Morgan fingerprint density at radius 1 is 1.19 bits per heavy atom. The number of nitrogens with one attached hydrogen (secondary N) is 2. The Hall–Kier alpha value is -1.26. The molecule has 1 aliphatic rings. The molecule has 1 aliphatic carbocycles. The summed E-state index contributed by atoms with van der Waals surface area (Å²) in [6, 6.07) is 9.35. The van der Waals surface area contributed by atoms with Crippen LogP contribution >= 0.6 is 24.0 Å². The van der Waals surface area contributed by atoms with Crippen molar-refractivity contribution in [2.75, 3.05) is 20.1 Å². The zero-order valence-electron chi connectivity index (χ0n) is 16.1. The molecule has 0 atom stereocenters. The maximum Gasteiger partial charge on any atom is 0.192 e. The normalized spacial score (nSPS) is 15.2. The first kappa shape index (κ1) is 22.8. The van der Waals surface area contributed by atoms with E-state index in [0.29, 0.717) is 13.1 Å². The van der Waals surface area contributed by atoms with Crippen molar-refractivity contribution >= 4 is 29.9 Å². The number of guanidine groups is 1. The molecule has 144 valence electrons. The average molecular weight is 468 g/mol. The Bertz CT molecular complexity index is 588.